The van der Waals surface area contributed by atoms with Crippen LogP contribution in [0.25, 0.3) is 0 Å². The van der Waals surface area contributed by atoms with Crippen molar-refractivity contribution < 1.29 is 24.5 Å². The second-order valence-electron chi connectivity index (χ2n) is 8.11. The van der Waals surface area contributed by atoms with E-state index in [1.807, 2.05) is 41.3 Å². The molecule has 0 aliphatic rings. The molecular formula is C26H41NO5. The zero-order chi connectivity index (χ0) is 23.4. The lowest BCUT2D eigenvalue weighted by Gasteiger charge is -2.24. The second kappa shape index (κ2) is 18.3. The number of ether oxygens (including phenoxy) is 1. The van der Waals surface area contributed by atoms with Gasteiger partial charge in [-0.15, -0.1) is 0 Å². The van der Waals surface area contributed by atoms with Crippen LogP contribution < -0.4 is 4.90 Å². The highest BCUT2D eigenvalue weighted by molar-refractivity contribution is 5.80. The quantitative estimate of drug-likeness (QED) is 0.172. The molecule has 6 heteroatoms. The number of aliphatic hydroxyl groups excluding tert-OH is 1. The average molecular weight is 448 g/mol. The molecule has 0 aliphatic carbocycles. The Morgan fingerprint density at radius 1 is 1.00 bits per heavy atom. The number of hydrogen-bond acceptors (Lipinski definition) is 5. The fraction of sp³-hybridized carbons (Fsp3) is 0.615. The molecule has 0 spiro atoms. The highest BCUT2D eigenvalue weighted by Gasteiger charge is 2.20. The lowest BCUT2D eigenvalue weighted by Crippen LogP contribution is -2.31. The van der Waals surface area contributed by atoms with Crippen molar-refractivity contribution in [1.82, 2.24) is 0 Å². The van der Waals surface area contributed by atoms with Crippen LogP contribution in [-0.4, -0.2) is 48.5 Å². The van der Waals surface area contributed by atoms with E-state index < -0.39 is 17.9 Å². The molecule has 0 radical (unpaired) electrons. The predicted octanol–water partition coefficient (Wildman–Crippen LogP) is 5.21. The molecule has 2 N–H and O–H groups in total. The zero-order valence-electron chi connectivity index (χ0n) is 19.6. The summed E-state index contributed by atoms with van der Waals surface area (Å²) in [6, 6.07) is 9.59. The topological polar surface area (TPSA) is 87.1 Å². The Hall–Kier alpha value is -2.34. The zero-order valence-corrected chi connectivity index (χ0v) is 19.6. The number of rotatable bonds is 19. The van der Waals surface area contributed by atoms with Gasteiger partial charge in [-0.3, -0.25) is 9.59 Å². The molecule has 0 saturated heterocycles. The number of allylic oxidation sites excluding steroid dienone is 1. The number of para-hydroxylation sites is 1. The van der Waals surface area contributed by atoms with Crippen LogP contribution in [0, 0.1) is 5.92 Å². The van der Waals surface area contributed by atoms with Crippen LogP contribution in [0.3, 0.4) is 0 Å². The minimum absolute atomic E-state index is 0.00798. The van der Waals surface area contributed by atoms with E-state index in [2.05, 4.69) is 6.92 Å². The highest BCUT2D eigenvalue weighted by atomic mass is 16.5. The van der Waals surface area contributed by atoms with Gasteiger partial charge in [0.05, 0.1) is 25.5 Å². The largest absolute Gasteiger partial charge is 0.481 e. The van der Waals surface area contributed by atoms with Gasteiger partial charge in [0.2, 0.25) is 0 Å². The summed E-state index contributed by atoms with van der Waals surface area (Å²) in [5, 5.41) is 18.4. The van der Waals surface area contributed by atoms with Gasteiger partial charge in [0.25, 0.3) is 0 Å². The molecule has 1 rings (SSSR count). The second-order valence-corrected chi connectivity index (χ2v) is 8.11. The maximum absolute atomic E-state index is 12.4. The molecular weight excluding hydrogens is 406 g/mol. The van der Waals surface area contributed by atoms with E-state index in [4.69, 9.17) is 9.84 Å². The number of aliphatic hydroxyl groups is 1. The molecule has 1 aromatic rings. The number of carboxylic acids is 1. The van der Waals surface area contributed by atoms with Crippen LogP contribution in [0.2, 0.25) is 0 Å². The van der Waals surface area contributed by atoms with Crippen LogP contribution >= 0.6 is 0 Å². The monoisotopic (exact) mass is 447 g/mol. The SMILES string of the molecule is CCCCCCCCCC/C=C/C(CC(=O)O)C(=O)OCCN(CCO)c1ccccc1. The summed E-state index contributed by atoms with van der Waals surface area (Å²) in [6.45, 7) is 3.20. The van der Waals surface area contributed by atoms with Crippen molar-refractivity contribution in [3.8, 4) is 0 Å². The van der Waals surface area contributed by atoms with Gasteiger partial charge in [-0.25, -0.2) is 0 Å². The van der Waals surface area contributed by atoms with Crippen molar-refractivity contribution >= 4 is 17.6 Å². The van der Waals surface area contributed by atoms with Gasteiger partial charge in [0.1, 0.15) is 6.61 Å². The van der Waals surface area contributed by atoms with Crippen LogP contribution in [0.4, 0.5) is 5.69 Å². The third-order valence-electron chi connectivity index (χ3n) is 5.39. The minimum atomic E-state index is -1.02. The van der Waals surface area contributed by atoms with Gasteiger partial charge in [-0.05, 0) is 25.0 Å². The number of unbranched alkanes of at least 4 members (excludes halogenated alkanes) is 8. The van der Waals surface area contributed by atoms with E-state index in [1.54, 1.807) is 6.08 Å². The number of hydrogen-bond donors (Lipinski definition) is 2. The number of nitrogens with zero attached hydrogens (tertiary/aromatic N) is 1. The van der Waals surface area contributed by atoms with Gasteiger partial charge in [-0.1, -0.05) is 82.2 Å². The van der Waals surface area contributed by atoms with Gasteiger partial charge < -0.3 is 19.8 Å². The fourth-order valence-electron chi connectivity index (χ4n) is 3.57. The molecule has 0 fully saturated rings. The van der Waals surface area contributed by atoms with Crippen LogP contribution in [0.1, 0.15) is 71.1 Å². The van der Waals surface area contributed by atoms with Gasteiger partial charge >= 0.3 is 11.9 Å². The van der Waals surface area contributed by atoms with Crippen molar-refractivity contribution in [2.24, 2.45) is 5.92 Å². The molecule has 1 aromatic carbocycles. The van der Waals surface area contributed by atoms with E-state index in [0.717, 1.165) is 24.9 Å². The van der Waals surface area contributed by atoms with Crippen molar-refractivity contribution in [3.63, 3.8) is 0 Å². The standard InChI is InChI=1S/C26H41NO5/c1-2-3-4-5-6-7-8-9-10-12-15-23(22-25(29)30)26(31)32-21-19-27(18-20-28)24-16-13-11-14-17-24/h11-17,23,28H,2-10,18-22H2,1H3,(H,29,30)/b15-12+. The number of esters is 1. The number of carbonyl (C=O) groups is 2. The molecule has 32 heavy (non-hydrogen) atoms. The van der Waals surface area contributed by atoms with Gasteiger partial charge in [-0.2, -0.15) is 0 Å². The molecule has 6 nitrogen and oxygen atoms in total. The molecule has 1 unspecified atom stereocenters. The number of aliphatic carboxylic acids is 1. The lowest BCUT2D eigenvalue weighted by atomic mass is 10.0. The summed E-state index contributed by atoms with van der Waals surface area (Å²) in [4.78, 5) is 25.5. The molecule has 0 amide bonds. The van der Waals surface area contributed by atoms with Gasteiger partial charge in [0, 0.05) is 12.2 Å². The third-order valence-corrected chi connectivity index (χ3v) is 5.39. The van der Waals surface area contributed by atoms with Crippen molar-refractivity contribution in [2.45, 2.75) is 71.1 Å². The van der Waals surface area contributed by atoms with E-state index >= 15 is 0 Å². The van der Waals surface area contributed by atoms with Crippen LogP contribution in [-0.2, 0) is 14.3 Å². The molecule has 0 bridgehead atoms. The normalized spacial score (nSPS) is 12.1. The molecule has 0 aromatic heterocycles. The Balaban J connectivity index is 2.38. The maximum atomic E-state index is 12.4. The number of anilines is 1. The van der Waals surface area contributed by atoms with Crippen LogP contribution in [0.5, 0.6) is 0 Å². The van der Waals surface area contributed by atoms with E-state index in [-0.39, 0.29) is 19.6 Å². The lowest BCUT2D eigenvalue weighted by molar-refractivity contribution is -0.151. The third kappa shape index (κ3) is 13.2. The summed E-state index contributed by atoms with van der Waals surface area (Å²) in [6.07, 6.45) is 14.1. The first kappa shape index (κ1) is 27.7. The summed E-state index contributed by atoms with van der Waals surface area (Å²) in [7, 11) is 0. The Bertz CT molecular complexity index is 647. The van der Waals surface area contributed by atoms with Crippen molar-refractivity contribution in [2.75, 3.05) is 31.2 Å². The van der Waals surface area contributed by atoms with E-state index in [0.29, 0.717) is 13.1 Å². The average Bonchev–Trinajstić information content (AvgIpc) is 2.79. The maximum Gasteiger partial charge on any atom is 0.313 e. The fourth-order valence-corrected chi connectivity index (χ4v) is 3.57. The summed E-state index contributed by atoms with van der Waals surface area (Å²) < 4.78 is 5.37. The predicted molar refractivity (Wildman–Crippen MR) is 129 cm³/mol. The van der Waals surface area contributed by atoms with Gasteiger partial charge in [0.15, 0.2) is 0 Å². The first-order valence-corrected chi connectivity index (χ1v) is 12.0. The minimum Gasteiger partial charge on any atom is -0.481 e. The first-order chi connectivity index (χ1) is 15.6. The Kier molecular flexibility index (Phi) is 15.8. The van der Waals surface area contributed by atoms with E-state index in [9.17, 15) is 14.7 Å². The number of benzene rings is 1. The van der Waals surface area contributed by atoms with E-state index in [1.165, 1.54) is 38.5 Å². The molecule has 1 atom stereocenters. The highest BCUT2D eigenvalue weighted by Crippen LogP contribution is 2.14. The van der Waals surface area contributed by atoms with Crippen molar-refractivity contribution in [1.29, 1.82) is 0 Å². The summed E-state index contributed by atoms with van der Waals surface area (Å²) >= 11 is 0. The Morgan fingerprint density at radius 2 is 1.66 bits per heavy atom. The number of carboxylic acid groups (broad SMARTS) is 1. The Morgan fingerprint density at radius 3 is 2.28 bits per heavy atom. The molecule has 0 aliphatic heterocycles. The summed E-state index contributed by atoms with van der Waals surface area (Å²) in [5.41, 5.74) is 0.935. The molecule has 0 heterocycles. The first-order valence-electron chi connectivity index (χ1n) is 12.0. The smallest absolute Gasteiger partial charge is 0.313 e. The molecule has 0 saturated carbocycles. The van der Waals surface area contributed by atoms with Crippen molar-refractivity contribution in [3.05, 3.63) is 42.5 Å². The van der Waals surface area contributed by atoms with Crippen LogP contribution in [0.15, 0.2) is 42.5 Å². The Labute approximate surface area is 193 Å². The number of carbonyl (C=O) groups excluding carboxylic acids is 1. The molecule has 180 valence electrons. The summed E-state index contributed by atoms with van der Waals surface area (Å²) in [5.74, 6) is -2.31.